The number of ether oxygens (including phenoxy) is 2. The molecule has 1 aliphatic carbocycles. The van der Waals surface area contributed by atoms with Crippen LogP contribution < -0.4 is 5.32 Å². The minimum Gasteiger partial charge on any atom is -0.462 e. The standard InChI is InChI=1S/C13H17NO5S/c1-2-18-12(16)10-8-4-3-5-9(8)20-11(10)14-13(17)19-7-6-15/h15H,2-7H2,1H3,(H,14,17). The number of anilines is 1. The Hall–Kier alpha value is -1.60. The molecule has 1 amide bonds. The van der Waals surface area contributed by atoms with Crippen molar-refractivity contribution in [2.24, 2.45) is 0 Å². The van der Waals surface area contributed by atoms with Gasteiger partial charge in [0.1, 0.15) is 11.6 Å². The average Bonchev–Trinajstić information content (AvgIpc) is 2.96. The van der Waals surface area contributed by atoms with Gasteiger partial charge >= 0.3 is 12.1 Å². The Bertz CT molecular complexity index is 511. The lowest BCUT2D eigenvalue weighted by Crippen LogP contribution is -2.17. The zero-order chi connectivity index (χ0) is 14.5. The van der Waals surface area contributed by atoms with E-state index < -0.39 is 12.1 Å². The molecule has 0 fully saturated rings. The molecule has 1 heterocycles. The zero-order valence-electron chi connectivity index (χ0n) is 11.2. The van der Waals surface area contributed by atoms with Crippen molar-refractivity contribution in [1.29, 1.82) is 0 Å². The third-order valence-electron chi connectivity index (χ3n) is 2.94. The van der Waals surface area contributed by atoms with Crippen LogP contribution in [0, 0.1) is 0 Å². The van der Waals surface area contributed by atoms with Crippen LogP contribution in [0.3, 0.4) is 0 Å². The van der Waals surface area contributed by atoms with E-state index in [9.17, 15) is 9.59 Å². The molecule has 0 aromatic carbocycles. The fourth-order valence-electron chi connectivity index (χ4n) is 2.18. The van der Waals surface area contributed by atoms with E-state index in [0.717, 1.165) is 29.7 Å². The summed E-state index contributed by atoms with van der Waals surface area (Å²) in [5, 5.41) is 11.6. The molecule has 1 aromatic rings. The number of esters is 1. The number of hydrogen-bond donors (Lipinski definition) is 2. The predicted molar refractivity (Wildman–Crippen MR) is 74.4 cm³/mol. The molecule has 0 spiro atoms. The Morgan fingerprint density at radius 2 is 2.15 bits per heavy atom. The normalized spacial score (nSPS) is 12.9. The summed E-state index contributed by atoms with van der Waals surface area (Å²) in [6.45, 7) is 1.72. The molecule has 0 saturated carbocycles. The first-order valence-electron chi connectivity index (χ1n) is 6.53. The largest absolute Gasteiger partial charge is 0.462 e. The van der Waals surface area contributed by atoms with Crippen LogP contribution in [0.1, 0.15) is 34.1 Å². The Labute approximate surface area is 120 Å². The van der Waals surface area contributed by atoms with Gasteiger partial charge in [-0.2, -0.15) is 0 Å². The number of aryl methyl sites for hydroxylation is 1. The Kier molecular flexibility index (Phi) is 4.97. The Morgan fingerprint density at radius 3 is 2.85 bits per heavy atom. The SMILES string of the molecule is CCOC(=O)c1c(NC(=O)OCCO)sc2c1CCC2. The molecular weight excluding hydrogens is 282 g/mol. The summed E-state index contributed by atoms with van der Waals surface area (Å²) in [6, 6.07) is 0. The molecule has 110 valence electrons. The van der Waals surface area contributed by atoms with E-state index in [-0.39, 0.29) is 19.8 Å². The first-order chi connectivity index (χ1) is 9.67. The van der Waals surface area contributed by atoms with E-state index in [1.807, 2.05) is 0 Å². The van der Waals surface area contributed by atoms with E-state index in [0.29, 0.717) is 10.6 Å². The van der Waals surface area contributed by atoms with Crippen LogP contribution in [-0.2, 0) is 22.3 Å². The van der Waals surface area contributed by atoms with Crippen molar-refractivity contribution in [2.75, 3.05) is 25.1 Å². The highest BCUT2D eigenvalue weighted by atomic mass is 32.1. The van der Waals surface area contributed by atoms with Gasteiger partial charge in [-0.15, -0.1) is 11.3 Å². The first-order valence-corrected chi connectivity index (χ1v) is 7.35. The van der Waals surface area contributed by atoms with E-state index in [2.05, 4.69) is 5.32 Å². The van der Waals surface area contributed by atoms with Gasteiger partial charge in [-0.25, -0.2) is 9.59 Å². The molecule has 2 N–H and O–H groups in total. The number of aliphatic hydroxyl groups excluding tert-OH is 1. The molecule has 7 heteroatoms. The molecule has 6 nitrogen and oxygen atoms in total. The second-order valence-corrected chi connectivity index (χ2v) is 5.37. The van der Waals surface area contributed by atoms with Gasteiger partial charge in [0.05, 0.1) is 18.8 Å². The minimum absolute atomic E-state index is 0.0777. The van der Waals surface area contributed by atoms with Crippen LogP contribution >= 0.6 is 11.3 Å². The number of aliphatic hydroxyl groups is 1. The minimum atomic E-state index is -0.676. The van der Waals surface area contributed by atoms with Crippen molar-refractivity contribution in [2.45, 2.75) is 26.2 Å². The van der Waals surface area contributed by atoms with Crippen molar-refractivity contribution in [3.8, 4) is 0 Å². The van der Waals surface area contributed by atoms with Crippen molar-refractivity contribution in [3.63, 3.8) is 0 Å². The molecule has 0 bridgehead atoms. The highest BCUT2D eigenvalue weighted by Gasteiger charge is 2.28. The summed E-state index contributed by atoms with van der Waals surface area (Å²) in [4.78, 5) is 24.7. The number of carbonyl (C=O) groups excluding carboxylic acids is 2. The van der Waals surface area contributed by atoms with Crippen LogP contribution in [0.2, 0.25) is 0 Å². The lowest BCUT2D eigenvalue weighted by molar-refractivity contribution is 0.0527. The molecule has 0 aliphatic heterocycles. The first kappa shape index (κ1) is 14.8. The predicted octanol–water partition coefficient (Wildman–Crippen LogP) is 1.95. The highest BCUT2D eigenvalue weighted by molar-refractivity contribution is 7.17. The molecule has 0 radical (unpaired) electrons. The number of fused-ring (bicyclic) bond motifs is 1. The quantitative estimate of drug-likeness (QED) is 0.812. The zero-order valence-corrected chi connectivity index (χ0v) is 12.0. The fourth-order valence-corrected chi connectivity index (χ4v) is 3.44. The van der Waals surface area contributed by atoms with Crippen LogP contribution in [0.5, 0.6) is 0 Å². The Balaban J connectivity index is 2.19. The fraction of sp³-hybridized carbons (Fsp3) is 0.538. The van der Waals surface area contributed by atoms with E-state index in [1.54, 1.807) is 6.92 Å². The molecule has 20 heavy (non-hydrogen) atoms. The van der Waals surface area contributed by atoms with Crippen molar-refractivity contribution < 1.29 is 24.2 Å². The lowest BCUT2D eigenvalue weighted by Gasteiger charge is -2.08. The number of rotatable bonds is 5. The van der Waals surface area contributed by atoms with Gasteiger partial charge in [-0.05, 0) is 31.7 Å². The van der Waals surface area contributed by atoms with Gasteiger partial charge in [0.15, 0.2) is 0 Å². The van der Waals surface area contributed by atoms with E-state index in [4.69, 9.17) is 14.6 Å². The maximum Gasteiger partial charge on any atom is 0.412 e. The van der Waals surface area contributed by atoms with Crippen molar-refractivity contribution in [1.82, 2.24) is 0 Å². The second-order valence-electron chi connectivity index (χ2n) is 4.27. The van der Waals surface area contributed by atoms with Gasteiger partial charge in [-0.3, -0.25) is 5.32 Å². The van der Waals surface area contributed by atoms with Gasteiger partial charge < -0.3 is 14.6 Å². The van der Waals surface area contributed by atoms with Gasteiger partial charge in [0.25, 0.3) is 0 Å². The third kappa shape index (κ3) is 3.10. The molecule has 1 aromatic heterocycles. The van der Waals surface area contributed by atoms with Gasteiger partial charge in [-0.1, -0.05) is 0 Å². The number of hydrogen-bond acceptors (Lipinski definition) is 6. The molecule has 0 atom stereocenters. The summed E-state index contributed by atoms with van der Waals surface area (Å²) < 4.78 is 9.80. The monoisotopic (exact) mass is 299 g/mol. The lowest BCUT2D eigenvalue weighted by atomic mass is 10.1. The van der Waals surface area contributed by atoms with Gasteiger partial charge in [0, 0.05) is 4.88 Å². The summed E-state index contributed by atoms with van der Waals surface area (Å²) >= 11 is 1.39. The number of carbonyl (C=O) groups is 2. The topological polar surface area (TPSA) is 84.9 Å². The van der Waals surface area contributed by atoms with Crippen molar-refractivity contribution in [3.05, 3.63) is 16.0 Å². The number of amides is 1. The average molecular weight is 299 g/mol. The molecular formula is C13H17NO5S. The van der Waals surface area contributed by atoms with Crippen LogP contribution in [0.15, 0.2) is 0 Å². The smallest absolute Gasteiger partial charge is 0.412 e. The van der Waals surface area contributed by atoms with Crippen LogP contribution in [0.25, 0.3) is 0 Å². The number of thiophene rings is 1. The van der Waals surface area contributed by atoms with Crippen LogP contribution in [-0.4, -0.2) is 37.0 Å². The molecule has 0 unspecified atom stereocenters. The molecule has 0 saturated heterocycles. The van der Waals surface area contributed by atoms with E-state index in [1.165, 1.54) is 11.3 Å². The summed E-state index contributed by atoms with van der Waals surface area (Å²) in [6.07, 6.45) is 2.08. The number of nitrogens with one attached hydrogen (secondary N) is 1. The summed E-state index contributed by atoms with van der Waals surface area (Å²) in [5.41, 5.74) is 1.43. The van der Waals surface area contributed by atoms with Crippen LogP contribution in [0.4, 0.5) is 9.80 Å². The Morgan fingerprint density at radius 1 is 1.35 bits per heavy atom. The summed E-state index contributed by atoms with van der Waals surface area (Å²) in [7, 11) is 0. The highest BCUT2D eigenvalue weighted by Crippen LogP contribution is 2.39. The maximum atomic E-state index is 12.0. The summed E-state index contributed by atoms with van der Waals surface area (Å²) in [5.74, 6) is -0.413. The van der Waals surface area contributed by atoms with E-state index >= 15 is 0 Å². The third-order valence-corrected chi connectivity index (χ3v) is 4.15. The van der Waals surface area contributed by atoms with Gasteiger partial charge in [0.2, 0.25) is 0 Å². The maximum absolute atomic E-state index is 12.0. The second kappa shape index (κ2) is 6.71. The molecule has 1 aliphatic rings. The molecule has 2 rings (SSSR count). The van der Waals surface area contributed by atoms with Crippen molar-refractivity contribution >= 4 is 28.4 Å².